The van der Waals surface area contributed by atoms with Crippen LogP contribution in [0.25, 0.3) is 10.9 Å². The highest BCUT2D eigenvalue weighted by molar-refractivity contribution is 5.88. The summed E-state index contributed by atoms with van der Waals surface area (Å²) in [6.07, 6.45) is -0.364. The molecule has 0 aliphatic carbocycles. The summed E-state index contributed by atoms with van der Waals surface area (Å²) < 4.78 is 27.2. The lowest BCUT2D eigenvalue weighted by molar-refractivity contribution is -0.387. The number of halogens is 1. The van der Waals surface area contributed by atoms with E-state index in [-0.39, 0.29) is 12.6 Å². The predicted molar refractivity (Wildman–Crippen MR) is 94.1 cm³/mol. The van der Waals surface area contributed by atoms with Gasteiger partial charge in [-0.25, -0.2) is 0 Å². The maximum Gasteiger partial charge on any atom is 0.315 e. The van der Waals surface area contributed by atoms with Crippen molar-refractivity contribution >= 4 is 22.6 Å². The Balaban J connectivity index is 2.17. The molecular formula is C18H21FN2O6. The maximum absolute atomic E-state index is 14.2. The first kappa shape index (κ1) is 19.2. The summed E-state index contributed by atoms with van der Waals surface area (Å²) in [6.45, 7) is 7.13. The minimum Gasteiger partial charge on any atom is -0.481 e. The number of carbonyl (C=O) groups is 1. The number of nitro groups is 1. The van der Waals surface area contributed by atoms with E-state index in [0.717, 1.165) is 12.1 Å². The highest BCUT2D eigenvalue weighted by Crippen LogP contribution is 2.35. The van der Waals surface area contributed by atoms with E-state index in [4.69, 9.17) is 9.47 Å². The molecule has 2 aromatic rings. The van der Waals surface area contributed by atoms with Gasteiger partial charge in [-0.3, -0.25) is 14.9 Å². The second-order valence-electron chi connectivity index (χ2n) is 7.64. The summed E-state index contributed by atoms with van der Waals surface area (Å²) in [5.74, 6) is -2.80. The summed E-state index contributed by atoms with van der Waals surface area (Å²) in [7, 11) is 0. The van der Waals surface area contributed by atoms with E-state index in [2.05, 4.69) is 0 Å². The van der Waals surface area contributed by atoms with E-state index in [9.17, 15) is 24.4 Å². The summed E-state index contributed by atoms with van der Waals surface area (Å²) in [4.78, 5) is 22.0. The van der Waals surface area contributed by atoms with Crippen LogP contribution in [-0.4, -0.2) is 39.1 Å². The van der Waals surface area contributed by atoms with Crippen molar-refractivity contribution in [3.05, 3.63) is 39.8 Å². The molecule has 1 fully saturated rings. The smallest absolute Gasteiger partial charge is 0.315 e. The van der Waals surface area contributed by atoms with Crippen LogP contribution in [0.15, 0.2) is 18.2 Å². The van der Waals surface area contributed by atoms with Crippen molar-refractivity contribution in [2.24, 2.45) is 0 Å². The highest BCUT2D eigenvalue weighted by atomic mass is 19.1. The Morgan fingerprint density at radius 3 is 2.63 bits per heavy atom. The number of rotatable bonds is 5. The Bertz CT molecular complexity index is 934. The first-order chi connectivity index (χ1) is 12.4. The van der Waals surface area contributed by atoms with Gasteiger partial charge in [0, 0.05) is 23.2 Å². The number of nitrogens with zero attached hydrogens (tertiary/aromatic N) is 2. The Morgan fingerprint density at radius 2 is 2.11 bits per heavy atom. The van der Waals surface area contributed by atoms with Gasteiger partial charge in [0.05, 0.1) is 23.6 Å². The normalized spacial score (nSPS) is 19.5. The van der Waals surface area contributed by atoms with E-state index < -0.39 is 33.6 Å². The molecule has 2 heterocycles. The van der Waals surface area contributed by atoms with Crippen LogP contribution in [0.4, 0.5) is 10.1 Å². The predicted octanol–water partition coefficient (Wildman–Crippen LogP) is 3.20. The quantitative estimate of drug-likeness (QED) is 0.631. The lowest BCUT2D eigenvalue weighted by atomic mass is 9.89. The van der Waals surface area contributed by atoms with Crippen molar-refractivity contribution in [2.45, 2.75) is 51.5 Å². The average molecular weight is 380 g/mol. The monoisotopic (exact) mass is 380 g/mol. The molecule has 8 nitrogen and oxygen atoms in total. The van der Waals surface area contributed by atoms with Crippen LogP contribution in [0, 0.1) is 15.9 Å². The second kappa shape index (κ2) is 6.28. The summed E-state index contributed by atoms with van der Waals surface area (Å²) in [5.41, 5.74) is -1.17. The third-order valence-electron chi connectivity index (χ3n) is 4.80. The zero-order chi connectivity index (χ0) is 20.1. The van der Waals surface area contributed by atoms with Crippen molar-refractivity contribution in [3.63, 3.8) is 0 Å². The Kier molecular flexibility index (Phi) is 4.47. The molecule has 0 amide bonds. The average Bonchev–Trinajstić information content (AvgIpc) is 3.07. The Morgan fingerprint density at radius 1 is 1.44 bits per heavy atom. The van der Waals surface area contributed by atoms with Crippen LogP contribution in [-0.2, 0) is 26.2 Å². The van der Waals surface area contributed by atoms with E-state index in [1.807, 2.05) is 0 Å². The van der Waals surface area contributed by atoms with Gasteiger partial charge >= 0.3 is 11.7 Å². The molecule has 1 aliphatic rings. The molecule has 146 valence electrons. The molecule has 1 atom stereocenters. The zero-order valence-corrected chi connectivity index (χ0v) is 15.5. The molecule has 0 bridgehead atoms. The number of fused-ring (bicyclic) bond motifs is 1. The summed E-state index contributed by atoms with van der Waals surface area (Å²) in [6, 6.07) is 3.74. The standard InChI is InChI=1S/C18H21FN2O6/c1-17(2,16(22)23)15-6-10-5-14(21(24)25)12(19)7-13(10)20(15)8-11-9-26-18(3,4)27-11/h5-7,11H,8-9H2,1-4H3,(H,22,23)/t11-/m1/s1. The maximum atomic E-state index is 14.2. The fourth-order valence-electron chi connectivity index (χ4n) is 3.29. The van der Waals surface area contributed by atoms with Crippen molar-refractivity contribution in [2.75, 3.05) is 6.61 Å². The van der Waals surface area contributed by atoms with Crippen molar-refractivity contribution < 1.29 is 28.7 Å². The van der Waals surface area contributed by atoms with Gasteiger partial charge in [0.2, 0.25) is 5.82 Å². The fraction of sp³-hybridized carbons (Fsp3) is 0.500. The van der Waals surface area contributed by atoms with Crippen LogP contribution in [0.1, 0.15) is 33.4 Å². The number of carboxylic acids is 1. The minimum atomic E-state index is -1.29. The highest BCUT2D eigenvalue weighted by Gasteiger charge is 2.37. The fourth-order valence-corrected chi connectivity index (χ4v) is 3.29. The van der Waals surface area contributed by atoms with E-state index in [1.54, 1.807) is 24.5 Å². The molecule has 0 radical (unpaired) electrons. The Hall–Kier alpha value is -2.52. The van der Waals surface area contributed by atoms with Gasteiger partial charge < -0.3 is 19.1 Å². The first-order valence-electron chi connectivity index (χ1n) is 8.45. The van der Waals surface area contributed by atoms with E-state index in [1.165, 1.54) is 13.8 Å². The third kappa shape index (κ3) is 3.40. The van der Waals surface area contributed by atoms with Gasteiger partial charge in [-0.15, -0.1) is 0 Å². The molecule has 1 N–H and O–H groups in total. The number of aliphatic carboxylic acids is 1. The van der Waals surface area contributed by atoms with E-state index in [0.29, 0.717) is 23.2 Å². The van der Waals surface area contributed by atoms with Crippen LogP contribution in [0.2, 0.25) is 0 Å². The van der Waals surface area contributed by atoms with Gasteiger partial charge in [0.25, 0.3) is 0 Å². The molecule has 1 saturated heterocycles. The largest absolute Gasteiger partial charge is 0.481 e. The molecule has 1 aliphatic heterocycles. The topological polar surface area (TPSA) is 104 Å². The molecule has 3 rings (SSSR count). The lowest BCUT2D eigenvalue weighted by Gasteiger charge is -2.24. The van der Waals surface area contributed by atoms with E-state index >= 15 is 0 Å². The number of hydrogen-bond donors (Lipinski definition) is 1. The minimum absolute atomic E-state index is 0.232. The van der Waals surface area contributed by atoms with Crippen LogP contribution >= 0.6 is 0 Å². The SMILES string of the molecule is CC1(C)OC[C@@H](Cn2c(C(C)(C)C(=O)O)cc3cc([N+](=O)[O-])c(F)cc32)O1. The number of aromatic nitrogens is 1. The molecule has 0 unspecified atom stereocenters. The van der Waals surface area contributed by atoms with Gasteiger partial charge in [-0.2, -0.15) is 4.39 Å². The van der Waals surface area contributed by atoms with Gasteiger partial charge in [0.15, 0.2) is 5.79 Å². The van der Waals surface area contributed by atoms with Gasteiger partial charge in [0.1, 0.15) is 11.5 Å². The molecular weight excluding hydrogens is 359 g/mol. The first-order valence-corrected chi connectivity index (χ1v) is 8.45. The number of carboxylic acid groups (broad SMARTS) is 1. The molecule has 1 aromatic carbocycles. The molecule has 9 heteroatoms. The molecule has 27 heavy (non-hydrogen) atoms. The van der Waals surface area contributed by atoms with Gasteiger partial charge in [-0.1, -0.05) is 0 Å². The van der Waals surface area contributed by atoms with Crippen molar-refractivity contribution in [1.82, 2.24) is 4.57 Å². The summed E-state index contributed by atoms with van der Waals surface area (Å²) in [5, 5.41) is 21.1. The number of benzene rings is 1. The van der Waals surface area contributed by atoms with Crippen LogP contribution in [0.5, 0.6) is 0 Å². The molecule has 0 saturated carbocycles. The third-order valence-corrected chi connectivity index (χ3v) is 4.80. The van der Waals surface area contributed by atoms with Crippen LogP contribution in [0.3, 0.4) is 0 Å². The van der Waals surface area contributed by atoms with Crippen LogP contribution < -0.4 is 0 Å². The molecule has 0 spiro atoms. The zero-order valence-electron chi connectivity index (χ0n) is 15.5. The van der Waals surface area contributed by atoms with Crippen molar-refractivity contribution in [3.8, 4) is 0 Å². The summed E-state index contributed by atoms with van der Waals surface area (Å²) >= 11 is 0. The lowest BCUT2D eigenvalue weighted by Crippen LogP contribution is -2.33. The number of nitro benzene ring substituents is 1. The number of hydrogen-bond acceptors (Lipinski definition) is 5. The van der Waals surface area contributed by atoms with Crippen molar-refractivity contribution in [1.29, 1.82) is 0 Å². The Labute approximate surface area is 154 Å². The second-order valence-corrected chi connectivity index (χ2v) is 7.64. The molecule has 1 aromatic heterocycles. The van der Waals surface area contributed by atoms with Gasteiger partial charge in [-0.05, 0) is 33.8 Å². The number of ether oxygens (including phenoxy) is 2.